The van der Waals surface area contributed by atoms with E-state index < -0.39 is 12.0 Å². The molecule has 0 aromatic heterocycles. The second-order valence-corrected chi connectivity index (χ2v) is 4.77. The van der Waals surface area contributed by atoms with E-state index in [4.69, 9.17) is 10.8 Å². The number of amides is 1. The van der Waals surface area contributed by atoms with E-state index in [0.717, 1.165) is 0 Å². The standard InChI is InChI=1S/C14H20N2O3/c1-9(2)12(15)13(17)16-8-7-10-5-3-4-6-11(10)14(18)19/h3-6,9,12H,7-8,15H2,1-2H3,(H,16,17)(H,18,19)/t12-/m1/s1. The SMILES string of the molecule is CC(C)[C@@H](N)C(=O)NCCc1ccccc1C(=O)O. The van der Waals surface area contributed by atoms with Crippen LogP contribution < -0.4 is 11.1 Å². The molecule has 1 aromatic rings. The van der Waals surface area contributed by atoms with Gasteiger partial charge in [0.05, 0.1) is 11.6 Å². The quantitative estimate of drug-likeness (QED) is 0.715. The summed E-state index contributed by atoms with van der Waals surface area (Å²) in [6.07, 6.45) is 0.471. The molecule has 1 rings (SSSR count). The van der Waals surface area contributed by atoms with Crippen LogP contribution in [-0.2, 0) is 11.2 Å². The molecule has 0 bridgehead atoms. The van der Waals surface area contributed by atoms with E-state index in [9.17, 15) is 9.59 Å². The number of nitrogens with two attached hydrogens (primary N) is 1. The Morgan fingerprint density at radius 3 is 2.53 bits per heavy atom. The van der Waals surface area contributed by atoms with Crippen molar-refractivity contribution in [2.45, 2.75) is 26.3 Å². The molecular formula is C14H20N2O3. The van der Waals surface area contributed by atoms with Crippen molar-refractivity contribution in [3.05, 3.63) is 35.4 Å². The molecule has 0 fully saturated rings. The summed E-state index contributed by atoms with van der Waals surface area (Å²) in [5, 5.41) is 11.7. The maximum Gasteiger partial charge on any atom is 0.335 e. The third-order valence-corrected chi connectivity index (χ3v) is 2.96. The largest absolute Gasteiger partial charge is 0.478 e. The van der Waals surface area contributed by atoms with Crippen LogP contribution in [0.1, 0.15) is 29.8 Å². The third-order valence-electron chi connectivity index (χ3n) is 2.96. The van der Waals surface area contributed by atoms with E-state index in [0.29, 0.717) is 18.5 Å². The number of carboxylic acid groups (broad SMARTS) is 1. The first-order valence-electron chi connectivity index (χ1n) is 6.28. The maximum atomic E-state index is 11.6. The van der Waals surface area contributed by atoms with Crippen molar-refractivity contribution in [3.63, 3.8) is 0 Å². The molecule has 0 spiro atoms. The zero-order chi connectivity index (χ0) is 14.4. The highest BCUT2D eigenvalue weighted by Gasteiger charge is 2.16. The lowest BCUT2D eigenvalue weighted by atomic mass is 10.0. The van der Waals surface area contributed by atoms with E-state index in [1.165, 1.54) is 0 Å². The lowest BCUT2D eigenvalue weighted by Crippen LogP contribution is -2.44. The normalized spacial score (nSPS) is 12.2. The molecule has 0 saturated carbocycles. The number of nitrogens with one attached hydrogen (secondary N) is 1. The Kier molecular flexibility index (Phi) is 5.51. The molecule has 0 saturated heterocycles. The number of benzene rings is 1. The van der Waals surface area contributed by atoms with E-state index in [-0.39, 0.29) is 17.4 Å². The van der Waals surface area contributed by atoms with Crippen LogP contribution >= 0.6 is 0 Å². The van der Waals surface area contributed by atoms with Gasteiger partial charge in [0, 0.05) is 6.54 Å². The molecule has 19 heavy (non-hydrogen) atoms. The molecule has 4 N–H and O–H groups in total. The molecule has 0 aliphatic rings. The van der Waals surface area contributed by atoms with Crippen LogP contribution in [0.3, 0.4) is 0 Å². The summed E-state index contributed by atoms with van der Waals surface area (Å²) in [6, 6.07) is 6.23. The number of carbonyl (C=O) groups is 2. The minimum absolute atomic E-state index is 0.0753. The van der Waals surface area contributed by atoms with Crippen molar-refractivity contribution in [2.75, 3.05) is 6.54 Å². The predicted octanol–water partition coefficient (Wildman–Crippen LogP) is 1.03. The van der Waals surface area contributed by atoms with E-state index in [2.05, 4.69) is 5.32 Å². The molecule has 1 aromatic carbocycles. The van der Waals surface area contributed by atoms with Gasteiger partial charge in [0.15, 0.2) is 0 Å². The molecule has 0 aliphatic heterocycles. The maximum absolute atomic E-state index is 11.6. The number of hydrogen-bond acceptors (Lipinski definition) is 3. The van der Waals surface area contributed by atoms with Gasteiger partial charge in [0.1, 0.15) is 0 Å². The second-order valence-electron chi connectivity index (χ2n) is 4.77. The van der Waals surface area contributed by atoms with E-state index in [1.54, 1.807) is 24.3 Å². The number of aromatic carboxylic acids is 1. The predicted molar refractivity (Wildman–Crippen MR) is 72.9 cm³/mol. The molecule has 1 atom stereocenters. The average molecular weight is 264 g/mol. The van der Waals surface area contributed by atoms with Crippen molar-refractivity contribution in [2.24, 2.45) is 11.7 Å². The Hall–Kier alpha value is -1.88. The highest BCUT2D eigenvalue weighted by atomic mass is 16.4. The zero-order valence-electron chi connectivity index (χ0n) is 11.2. The molecular weight excluding hydrogens is 244 g/mol. The fourth-order valence-corrected chi connectivity index (χ4v) is 1.69. The van der Waals surface area contributed by atoms with Crippen LogP contribution in [0.2, 0.25) is 0 Å². The number of carboxylic acids is 1. The van der Waals surface area contributed by atoms with Crippen molar-refractivity contribution >= 4 is 11.9 Å². The molecule has 0 heterocycles. The Morgan fingerprint density at radius 2 is 1.95 bits per heavy atom. The van der Waals surface area contributed by atoms with Crippen molar-refractivity contribution < 1.29 is 14.7 Å². The van der Waals surface area contributed by atoms with Crippen LogP contribution in [0.5, 0.6) is 0 Å². The Labute approximate surface area is 112 Å². The summed E-state index contributed by atoms with van der Waals surface area (Å²) in [7, 11) is 0. The third kappa shape index (κ3) is 4.37. The van der Waals surface area contributed by atoms with Gasteiger partial charge in [0.2, 0.25) is 5.91 Å². The molecule has 1 amide bonds. The van der Waals surface area contributed by atoms with Crippen LogP contribution in [0.4, 0.5) is 0 Å². The zero-order valence-corrected chi connectivity index (χ0v) is 11.2. The van der Waals surface area contributed by atoms with Crippen molar-refractivity contribution in [1.29, 1.82) is 0 Å². The molecule has 5 nitrogen and oxygen atoms in total. The molecule has 0 unspecified atom stereocenters. The summed E-state index contributed by atoms with van der Waals surface area (Å²) >= 11 is 0. The van der Waals surface area contributed by atoms with Gasteiger partial charge in [-0.1, -0.05) is 32.0 Å². The fourth-order valence-electron chi connectivity index (χ4n) is 1.69. The van der Waals surface area contributed by atoms with Gasteiger partial charge in [-0.2, -0.15) is 0 Å². The van der Waals surface area contributed by atoms with Gasteiger partial charge in [-0.15, -0.1) is 0 Å². The smallest absolute Gasteiger partial charge is 0.335 e. The second kappa shape index (κ2) is 6.89. The summed E-state index contributed by atoms with van der Waals surface area (Å²) in [6.45, 7) is 4.14. The van der Waals surface area contributed by atoms with Crippen LogP contribution in [0.25, 0.3) is 0 Å². The van der Waals surface area contributed by atoms with Gasteiger partial charge < -0.3 is 16.2 Å². The minimum atomic E-state index is -0.958. The summed E-state index contributed by atoms with van der Waals surface area (Å²) < 4.78 is 0. The van der Waals surface area contributed by atoms with E-state index in [1.807, 2.05) is 13.8 Å². The fraction of sp³-hybridized carbons (Fsp3) is 0.429. The van der Waals surface area contributed by atoms with Gasteiger partial charge in [-0.05, 0) is 24.0 Å². The number of rotatable bonds is 6. The van der Waals surface area contributed by atoms with E-state index >= 15 is 0 Å². The first-order chi connectivity index (χ1) is 8.93. The highest BCUT2D eigenvalue weighted by Crippen LogP contribution is 2.09. The summed E-state index contributed by atoms with van der Waals surface area (Å²) in [5.74, 6) is -1.09. The first-order valence-corrected chi connectivity index (χ1v) is 6.28. The first kappa shape index (κ1) is 15.2. The van der Waals surface area contributed by atoms with Crippen molar-refractivity contribution in [3.8, 4) is 0 Å². The number of hydrogen-bond donors (Lipinski definition) is 3. The topological polar surface area (TPSA) is 92.4 Å². The molecule has 104 valence electrons. The lowest BCUT2D eigenvalue weighted by Gasteiger charge is -2.15. The Bertz CT molecular complexity index is 458. The Balaban J connectivity index is 2.54. The van der Waals surface area contributed by atoms with Crippen molar-refractivity contribution in [1.82, 2.24) is 5.32 Å². The summed E-state index contributed by atoms with van der Waals surface area (Å²) in [4.78, 5) is 22.7. The van der Waals surface area contributed by atoms with Gasteiger partial charge >= 0.3 is 5.97 Å². The summed E-state index contributed by atoms with van der Waals surface area (Å²) in [5.41, 5.74) is 6.68. The average Bonchev–Trinajstić information content (AvgIpc) is 2.37. The van der Waals surface area contributed by atoms with Gasteiger partial charge in [-0.3, -0.25) is 4.79 Å². The molecule has 0 radical (unpaired) electrons. The molecule has 0 aliphatic carbocycles. The monoisotopic (exact) mass is 264 g/mol. The minimum Gasteiger partial charge on any atom is -0.478 e. The van der Waals surface area contributed by atoms with Crippen LogP contribution in [0, 0.1) is 5.92 Å². The van der Waals surface area contributed by atoms with Crippen LogP contribution in [-0.4, -0.2) is 29.6 Å². The highest BCUT2D eigenvalue weighted by molar-refractivity contribution is 5.89. The molecule has 5 heteroatoms. The van der Waals surface area contributed by atoms with Gasteiger partial charge in [-0.25, -0.2) is 4.79 Å². The lowest BCUT2D eigenvalue weighted by molar-refractivity contribution is -0.123. The van der Waals surface area contributed by atoms with Crippen LogP contribution in [0.15, 0.2) is 24.3 Å². The Morgan fingerprint density at radius 1 is 1.32 bits per heavy atom. The van der Waals surface area contributed by atoms with Gasteiger partial charge in [0.25, 0.3) is 0 Å². The number of carbonyl (C=O) groups excluding carboxylic acids is 1.